The second-order valence-electron chi connectivity index (χ2n) is 5.24. The van der Waals surface area contributed by atoms with E-state index < -0.39 is 5.82 Å². The van der Waals surface area contributed by atoms with E-state index in [0.717, 1.165) is 15.6 Å². The number of thiazole rings is 1. The Hall–Kier alpha value is -1.89. The molecule has 7 heteroatoms. The number of carbonyl (C=O) groups excluding carboxylic acids is 1. The molecule has 2 aromatic carbocycles. The second-order valence-corrected chi connectivity index (χ2v) is 8.09. The van der Waals surface area contributed by atoms with Crippen molar-refractivity contribution in [2.75, 3.05) is 5.32 Å². The Morgan fingerprint density at radius 1 is 1.28 bits per heavy atom. The molecule has 0 spiro atoms. The molecule has 0 aliphatic heterocycles. The molecule has 0 aliphatic rings. The van der Waals surface area contributed by atoms with Gasteiger partial charge in [-0.3, -0.25) is 4.79 Å². The van der Waals surface area contributed by atoms with Crippen LogP contribution in [0.15, 0.2) is 58.3 Å². The zero-order chi connectivity index (χ0) is 17.8. The number of halogens is 2. The number of hydrogen-bond donors (Lipinski definition) is 1. The quantitative estimate of drug-likeness (QED) is 0.564. The van der Waals surface area contributed by atoms with Crippen LogP contribution in [0.25, 0.3) is 11.3 Å². The van der Waals surface area contributed by atoms with Crippen molar-refractivity contribution in [3.05, 3.63) is 64.8 Å². The maximum atomic E-state index is 13.1. The van der Waals surface area contributed by atoms with Crippen LogP contribution in [0.2, 0.25) is 5.02 Å². The Bertz CT molecular complexity index is 886. The van der Waals surface area contributed by atoms with Gasteiger partial charge in [0.25, 0.3) is 0 Å². The lowest BCUT2D eigenvalue weighted by atomic mass is 10.2. The highest BCUT2D eigenvalue weighted by atomic mass is 35.5. The molecule has 3 nitrogen and oxygen atoms in total. The van der Waals surface area contributed by atoms with Gasteiger partial charge in [-0.2, -0.15) is 0 Å². The average molecular weight is 393 g/mol. The minimum atomic E-state index is -0.443. The zero-order valence-corrected chi connectivity index (χ0v) is 15.6. The Morgan fingerprint density at radius 2 is 2.04 bits per heavy atom. The van der Waals surface area contributed by atoms with Gasteiger partial charge in [-0.1, -0.05) is 53.7 Å². The summed E-state index contributed by atoms with van der Waals surface area (Å²) in [6.45, 7) is 1.79. The van der Waals surface area contributed by atoms with Crippen molar-refractivity contribution in [1.29, 1.82) is 0 Å². The van der Waals surface area contributed by atoms with Crippen molar-refractivity contribution < 1.29 is 9.18 Å². The predicted molar refractivity (Wildman–Crippen MR) is 103 cm³/mol. The van der Waals surface area contributed by atoms with E-state index in [0.29, 0.717) is 5.69 Å². The third-order valence-corrected chi connectivity index (χ3v) is 5.77. The van der Waals surface area contributed by atoms with E-state index in [1.807, 2.05) is 35.7 Å². The number of thioether (sulfide) groups is 1. The monoisotopic (exact) mass is 392 g/mol. The normalized spacial score (nSPS) is 12.0. The highest BCUT2D eigenvalue weighted by molar-refractivity contribution is 8.02. The Morgan fingerprint density at radius 3 is 2.76 bits per heavy atom. The molecule has 1 heterocycles. The van der Waals surface area contributed by atoms with Crippen LogP contribution in [0, 0.1) is 5.82 Å². The van der Waals surface area contributed by atoms with E-state index in [1.165, 1.54) is 41.3 Å². The van der Waals surface area contributed by atoms with Crippen LogP contribution in [0.4, 0.5) is 10.1 Å². The lowest BCUT2D eigenvalue weighted by molar-refractivity contribution is -0.115. The van der Waals surface area contributed by atoms with Crippen LogP contribution in [0.1, 0.15) is 6.92 Å². The number of carbonyl (C=O) groups is 1. The molecular formula is C18H14ClFN2OS2. The third kappa shape index (κ3) is 4.60. The number of anilines is 1. The standard InChI is InChI=1S/C18H14ClFN2OS2/c1-11(17(23)21-15-8-7-13(20)9-14(15)19)25-18-22-16(10-24-18)12-5-3-2-4-6-12/h2-11H,1H3,(H,21,23). The summed E-state index contributed by atoms with van der Waals surface area (Å²) in [5, 5.41) is 4.49. The number of rotatable bonds is 5. The maximum Gasteiger partial charge on any atom is 0.237 e. The van der Waals surface area contributed by atoms with Gasteiger partial charge in [-0.25, -0.2) is 9.37 Å². The van der Waals surface area contributed by atoms with Gasteiger partial charge in [0.05, 0.1) is 21.7 Å². The maximum absolute atomic E-state index is 13.1. The Balaban J connectivity index is 1.65. The van der Waals surface area contributed by atoms with Crippen LogP contribution < -0.4 is 5.32 Å². The van der Waals surface area contributed by atoms with E-state index in [1.54, 1.807) is 6.92 Å². The van der Waals surface area contributed by atoms with Gasteiger partial charge >= 0.3 is 0 Å². The lowest BCUT2D eigenvalue weighted by Gasteiger charge is -2.11. The molecule has 128 valence electrons. The number of nitrogens with one attached hydrogen (secondary N) is 1. The molecule has 0 radical (unpaired) electrons. The summed E-state index contributed by atoms with van der Waals surface area (Å²) in [4.78, 5) is 16.9. The highest BCUT2D eigenvalue weighted by Crippen LogP contribution is 2.31. The van der Waals surface area contributed by atoms with Gasteiger partial charge in [0.15, 0.2) is 4.34 Å². The molecule has 0 aliphatic carbocycles. The first kappa shape index (κ1) is 17.9. The molecule has 3 aromatic rings. The summed E-state index contributed by atoms with van der Waals surface area (Å²) in [6.07, 6.45) is 0. The van der Waals surface area contributed by atoms with Crippen LogP contribution in [0.5, 0.6) is 0 Å². The van der Waals surface area contributed by atoms with E-state index >= 15 is 0 Å². The third-order valence-electron chi connectivity index (χ3n) is 3.39. The molecule has 3 rings (SSSR count). The van der Waals surface area contributed by atoms with E-state index in [9.17, 15) is 9.18 Å². The summed E-state index contributed by atoms with van der Waals surface area (Å²) in [5.74, 6) is -0.656. The van der Waals surface area contributed by atoms with Crippen LogP contribution >= 0.6 is 34.7 Å². The van der Waals surface area contributed by atoms with Crippen molar-refractivity contribution in [2.24, 2.45) is 0 Å². The first-order chi connectivity index (χ1) is 12.0. The molecule has 25 heavy (non-hydrogen) atoms. The fourth-order valence-corrected chi connectivity index (χ4v) is 4.27. The molecule has 1 amide bonds. The van der Waals surface area contributed by atoms with Gasteiger partial charge in [-0.05, 0) is 25.1 Å². The van der Waals surface area contributed by atoms with E-state index in [2.05, 4.69) is 10.3 Å². The fraction of sp³-hybridized carbons (Fsp3) is 0.111. The number of hydrogen-bond acceptors (Lipinski definition) is 4. The Kier molecular flexibility index (Phi) is 5.73. The van der Waals surface area contributed by atoms with Crippen molar-refractivity contribution in [2.45, 2.75) is 16.5 Å². The van der Waals surface area contributed by atoms with Gasteiger partial charge < -0.3 is 5.32 Å². The van der Waals surface area contributed by atoms with Crippen LogP contribution in [0.3, 0.4) is 0 Å². The van der Waals surface area contributed by atoms with E-state index in [-0.39, 0.29) is 16.2 Å². The smallest absolute Gasteiger partial charge is 0.237 e. The summed E-state index contributed by atoms with van der Waals surface area (Å²) >= 11 is 8.81. The topological polar surface area (TPSA) is 42.0 Å². The number of nitrogens with zero attached hydrogens (tertiary/aromatic N) is 1. The van der Waals surface area contributed by atoms with Gasteiger partial charge in [-0.15, -0.1) is 11.3 Å². The zero-order valence-electron chi connectivity index (χ0n) is 13.2. The molecule has 0 saturated heterocycles. The fourth-order valence-electron chi connectivity index (χ4n) is 2.08. The van der Waals surface area contributed by atoms with Crippen molar-refractivity contribution in [3.8, 4) is 11.3 Å². The molecular weight excluding hydrogens is 379 g/mol. The first-order valence-corrected chi connectivity index (χ1v) is 9.60. The van der Waals surface area contributed by atoms with Crippen molar-refractivity contribution in [1.82, 2.24) is 4.98 Å². The predicted octanol–water partition coefficient (Wildman–Crippen LogP) is 5.72. The van der Waals surface area contributed by atoms with E-state index in [4.69, 9.17) is 11.6 Å². The van der Waals surface area contributed by atoms with Gasteiger partial charge in [0, 0.05) is 10.9 Å². The molecule has 1 atom stereocenters. The minimum absolute atomic E-state index is 0.172. The molecule has 1 N–H and O–H groups in total. The van der Waals surface area contributed by atoms with Crippen molar-refractivity contribution in [3.63, 3.8) is 0 Å². The number of benzene rings is 2. The van der Waals surface area contributed by atoms with Gasteiger partial charge in [0.1, 0.15) is 5.82 Å². The average Bonchev–Trinajstić information content (AvgIpc) is 3.06. The SMILES string of the molecule is CC(Sc1nc(-c2ccccc2)cs1)C(=O)Nc1ccc(F)cc1Cl. The van der Waals surface area contributed by atoms with Gasteiger partial charge in [0.2, 0.25) is 5.91 Å². The second kappa shape index (κ2) is 7.99. The first-order valence-electron chi connectivity index (χ1n) is 7.46. The number of aromatic nitrogens is 1. The highest BCUT2D eigenvalue weighted by Gasteiger charge is 2.18. The van der Waals surface area contributed by atoms with Crippen molar-refractivity contribution >= 4 is 46.3 Å². The Labute approximate surface area is 158 Å². The van der Waals surface area contributed by atoms with Crippen LogP contribution in [-0.4, -0.2) is 16.1 Å². The summed E-state index contributed by atoms with van der Waals surface area (Å²) in [5.41, 5.74) is 2.33. The molecule has 0 fully saturated rings. The summed E-state index contributed by atoms with van der Waals surface area (Å²) in [7, 11) is 0. The molecule has 0 saturated carbocycles. The molecule has 1 unspecified atom stereocenters. The van der Waals surface area contributed by atoms with Crippen LogP contribution in [-0.2, 0) is 4.79 Å². The molecule has 0 bridgehead atoms. The minimum Gasteiger partial charge on any atom is -0.324 e. The number of amides is 1. The lowest BCUT2D eigenvalue weighted by Crippen LogP contribution is -2.22. The largest absolute Gasteiger partial charge is 0.324 e. The summed E-state index contributed by atoms with van der Waals surface area (Å²) < 4.78 is 13.9. The summed E-state index contributed by atoms with van der Waals surface area (Å²) in [6, 6.07) is 13.7. The molecule has 1 aromatic heterocycles.